The quantitative estimate of drug-likeness (QED) is 0.863. The Balaban J connectivity index is 1.63. The Kier molecular flexibility index (Phi) is 4.46. The van der Waals surface area contributed by atoms with Crippen LogP contribution in [0.5, 0.6) is 0 Å². The first-order valence-corrected chi connectivity index (χ1v) is 7.58. The fourth-order valence-corrected chi connectivity index (χ4v) is 2.97. The summed E-state index contributed by atoms with van der Waals surface area (Å²) in [5, 5.41) is 0. The molecule has 3 rings (SSSR count). The second kappa shape index (κ2) is 6.68. The molecule has 0 saturated carbocycles. The van der Waals surface area contributed by atoms with E-state index in [1.165, 1.54) is 18.4 Å². The van der Waals surface area contributed by atoms with E-state index >= 15 is 0 Å². The summed E-state index contributed by atoms with van der Waals surface area (Å²) >= 11 is 0. The molecule has 4 nitrogen and oxygen atoms in total. The Morgan fingerprint density at radius 3 is 2.95 bits per heavy atom. The number of aromatic nitrogens is 2. The normalized spacial score (nSPS) is 19.0. The standard InChI is InChI=1S/C17H22N4/c1-20(13-15-6-4-9-18-12-15)16-7-5-11-21(14-16)17-8-2-3-10-19-17/h2-4,6,8-10,12,16H,5,7,11,13-14H2,1H3/t16-/m1/s1. The van der Waals surface area contributed by atoms with Crippen LogP contribution >= 0.6 is 0 Å². The van der Waals surface area contributed by atoms with Gasteiger partial charge in [0.1, 0.15) is 5.82 Å². The van der Waals surface area contributed by atoms with Crippen LogP contribution < -0.4 is 4.90 Å². The largest absolute Gasteiger partial charge is 0.355 e. The van der Waals surface area contributed by atoms with Gasteiger partial charge in [-0.2, -0.15) is 0 Å². The van der Waals surface area contributed by atoms with Gasteiger partial charge in [0.15, 0.2) is 0 Å². The van der Waals surface area contributed by atoms with Gasteiger partial charge in [0, 0.05) is 44.3 Å². The zero-order valence-corrected chi connectivity index (χ0v) is 12.5. The first kappa shape index (κ1) is 14.0. The second-order valence-electron chi connectivity index (χ2n) is 5.71. The molecule has 0 aromatic carbocycles. The van der Waals surface area contributed by atoms with Crippen LogP contribution in [0.25, 0.3) is 0 Å². The van der Waals surface area contributed by atoms with E-state index in [0.717, 1.165) is 25.5 Å². The van der Waals surface area contributed by atoms with Crippen LogP contribution in [0.1, 0.15) is 18.4 Å². The summed E-state index contributed by atoms with van der Waals surface area (Å²) in [5.74, 6) is 1.09. The van der Waals surface area contributed by atoms with Crippen molar-refractivity contribution in [3.63, 3.8) is 0 Å². The molecule has 0 aliphatic carbocycles. The molecule has 0 unspecified atom stereocenters. The average molecular weight is 282 g/mol. The van der Waals surface area contributed by atoms with Crippen molar-refractivity contribution in [1.82, 2.24) is 14.9 Å². The van der Waals surface area contributed by atoms with E-state index in [1.807, 2.05) is 30.7 Å². The van der Waals surface area contributed by atoms with Gasteiger partial charge in [-0.05, 0) is 43.7 Å². The lowest BCUT2D eigenvalue weighted by molar-refractivity contribution is 0.207. The van der Waals surface area contributed by atoms with E-state index in [0.29, 0.717) is 6.04 Å². The van der Waals surface area contributed by atoms with Crippen LogP contribution in [0.4, 0.5) is 5.82 Å². The third-order valence-electron chi connectivity index (χ3n) is 4.15. The Labute approximate surface area is 126 Å². The summed E-state index contributed by atoms with van der Waals surface area (Å²) in [7, 11) is 2.21. The molecule has 21 heavy (non-hydrogen) atoms. The van der Waals surface area contributed by atoms with Crippen molar-refractivity contribution < 1.29 is 0 Å². The highest BCUT2D eigenvalue weighted by molar-refractivity contribution is 5.38. The smallest absolute Gasteiger partial charge is 0.128 e. The molecule has 4 heteroatoms. The minimum atomic E-state index is 0.570. The summed E-state index contributed by atoms with van der Waals surface area (Å²) in [6, 6.07) is 10.8. The minimum absolute atomic E-state index is 0.570. The molecule has 3 heterocycles. The molecule has 0 spiro atoms. The third kappa shape index (κ3) is 3.58. The highest BCUT2D eigenvalue weighted by atomic mass is 15.2. The van der Waals surface area contributed by atoms with Gasteiger partial charge in [-0.25, -0.2) is 4.98 Å². The van der Waals surface area contributed by atoms with Gasteiger partial charge in [-0.15, -0.1) is 0 Å². The summed E-state index contributed by atoms with van der Waals surface area (Å²) in [5.41, 5.74) is 1.27. The lowest BCUT2D eigenvalue weighted by Crippen LogP contribution is -2.46. The molecule has 110 valence electrons. The summed E-state index contributed by atoms with van der Waals surface area (Å²) in [4.78, 5) is 13.5. The fraction of sp³-hybridized carbons (Fsp3) is 0.412. The number of anilines is 1. The first-order chi connectivity index (χ1) is 10.3. The van der Waals surface area contributed by atoms with Crippen molar-refractivity contribution in [3.8, 4) is 0 Å². The molecule has 0 N–H and O–H groups in total. The van der Waals surface area contributed by atoms with Gasteiger partial charge >= 0.3 is 0 Å². The van der Waals surface area contributed by atoms with Crippen molar-refractivity contribution in [2.45, 2.75) is 25.4 Å². The number of nitrogens with zero attached hydrogens (tertiary/aromatic N) is 4. The maximum absolute atomic E-state index is 4.48. The molecule has 1 atom stereocenters. The average Bonchev–Trinajstić information content (AvgIpc) is 2.57. The van der Waals surface area contributed by atoms with Crippen LogP contribution in [-0.2, 0) is 6.54 Å². The molecule has 1 fully saturated rings. The van der Waals surface area contributed by atoms with Gasteiger partial charge in [-0.1, -0.05) is 12.1 Å². The maximum Gasteiger partial charge on any atom is 0.128 e. The van der Waals surface area contributed by atoms with Gasteiger partial charge in [0.05, 0.1) is 0 Å². The number of hydrogen-bond donors (Lipinski definition) is 0. The van der Waals surface area contributed by atoms with Gasteiger partial charge in [-0.3, -0.25) is 9.88 Å². The van der Waals surface area contributed by atoms with E-state index < -0.39 is 0 Å². The van der Waals surface area contributed by atoms with Crippen molar-refractivity contribution in [2.75, 3.05) is 25.0 Å². The van der Waals surface area contributed by atoms with Gasteiger partial charge < -0.3 is 4.90 Å². The van der Waals surface area contributed by atoms with Crippen LogP contribution in [0.2, 0.25) is 0 Å². The van der Waals surface area contributed by atoms with Crippen molar-refractivity contribution in [1.29, 1.82) is 0 Å². The number of hydrogen-bond acceptors (Lipinski definition) is 4. The summed E-state index contributed by atoms with van der Waals surface area (Å²) < 4.78 is 0. The Morgan fingerprint density at radius 1 is 1.24 bits per heavy atom. The van der Waals surface area contributed by atoms with Gasteiger partial charge in [0.25, 0.3) is 0 Å². The molecule has 2 aromatic heterocycles. The number of pyridine rings is 2. The van der Waals surface area contributed by atoms with Crippen LogP contribution in [0.15, 0.2) is 48.9 Å². The van der Waals surface area contributed by atoms with Crippen LogP contribution in [0.3, 0.4) is 0 Å². The van der Waals surface area contributed by atoms with Crippen molar-refractivity contribution >= 4 is 5.82 Å². The lowest BCUT2D eigenvalue weighted by Gasteiger charge is -2.38. The number of piperidine rings is 1. The third-order valence-corrected chi connectivity index (χ3v) is 4.15. The Morgan fingerprint density at radius 2 is 2.19 bits per heavy atom. The highest BCUT2D eigenvalue weighted by Crippen LogP contribution is 2.20. The molecular formula is C17H22N4. The number of likely N-dealkylation sites (N-methyl/N-ethyl adjacent to an activating group) is 1. The van der Waals surface area contributed by atoms with Gasteiger partial charge in [0.2, 0.25) is 0 Å². The maximum atomic E-state index is 4.48. The fourth-order valence-electron chi connectivity index (χ4n) is 2.97. The monoisotopic (exact) mass is 282 g/mol. The van der Waals surface area contributed by atoms with E-state index in [-0.39, 0.29) is 0 Å². The molecular weight excluding hydrogens is 260 g/mol. The SMILES string of the molecule is CN(Cc1cccnc1)[C@@H]1CCCN(c2ccccn2)C1. The summed E-state index contributed by atoms with van der Waals surface area (Å²) in [6.45, 7) is 3.11. The van der Waals surface area contributed by atoms with Crippen molar-refractivity contribution in [2.24, 2.45) is 0 Å². The summed E-state index contributed by atoms with van der Waals surface area (Å²) in [6.07, 6.45) is 8.12. The predicted molar refractivity (Wildman–Crippen MR) is 85.2 cm³/mol. The molecule has 0 amide bonds. The van der Waals surface area contributed by atoms with E-state index in [4.69, 9.17) is 0 Å². The first-order valence-electron chi connectivity index (χ1n) is 7.58. The van der Waals surface area contributed by atoms with E-state index in [1.54, 1.807) is 0 Å². The van der Waals surface area contributed by atoms with E-state index in [9.17, 15) is 0 Å². The van der Waals surface area contributed by atoms with Crippen LogP contribution in [-0.4, -0.2) is 41.0 Å². The zero-order chi connectivity index (χ0) is 14.5. The van der Waals surface area contributed by atoms with Crippen LogP contribution in [0, 0.1) is 0 Å². The molecule has 0 radical (unpaired) electrons. The predicted octanol–water partition coefficient (Wildman–Crippen LogP) is 2.58. The minimum Gasteiger partial charge on any atom is -0.355 e. The molecule has 2 aromatic rings. The molecule has 0 bridgehead atoms. The Bertz CT molecular complexity index is 543. The molecule has 1 aliphatic rings. The second-order valence-corrected chi connectivity index (χ2v) is 5.71. The molecule has 1 aliphatic heterocycles. The highest BCUT2D eigenvalue weighted by Gasteiger charge is 2.23. The molecule has 1 saturated heterocycles. The zero-order valence-electron chi connectivity index (χ0n) is 12.5. The van der Waals surface area contributed by atoms with Crippen molar-refractivity contribution in [3.05, 3.63) is 54.5 Å². The Hall–Kier alpha value is -1.94. The number of rotatable bonds is 4. The van der Waals surface area contributed by atoms with E-state index in [2.05, 4.69) is 45.0 Å². The lowest BCUT2D eigenvalue weighted by atomic mass is 10.0. The topological polar surface area (TPSA) is 32.3 Å².